The Hall–Kier alpha value is -2.41. The van der Waals surface area contributed by atoms with Gasteiger partial charge in [-0.3, -0.25) is 4.79 Å². The summed E-state index contributed by atoms with van der Waals surface area (Å²) in [7, 11) is 1.73. The number of ether oxygens (including phenoxy) is 1. The van der Waals surface area contributed by atoms with E-state index in [1.54, 1.807) is 24.1 Å². The summed E-state index contributed by atoms with van der Waals surface area (Å²) in [5.74, 6) is -0.405. The fraction of sp³-hybridized carbons (Fsp3) is 0.474. The van der Waals surface area contributed by atoms with Crippen LogP contribution in [0.2, 0.25) is 0 Å². The van der Waals surface area contributed by atoms with Crippen LogP contribution < -0.4 is 10.9 Å². The van der Waals surface area contributed by atoms with Crippen LogP contribution in [0.4, 0.5) is 9.18 Å². The van der Waals surface area contributed by atoms with Gasteiger partial charge in [-0.05, 0) is 55.3 Å². The molecule has 26 heavy (non-hydrogen) atoms. The molecule has 2 amide bonds. The summed E-state index contributed by atoms with van der Waals surface area (Å²) >= 11 is 0. The van der Waals surface area contributed by atoms with E-state index in [4.69, 9.17) is 4.74 Å². The number of halogens is 1. The van der Waals surface area contributed by atoms with Gasteiger partial charge in [-0.15, -0.1) is 0 Å². The maximum atomic E-state index is 13.2. The van der Waals surface area contributed by atoms with Crippen LogP contribution in [-0.2, 0) is 11.3 Å². The third kappa shape index (κ3) is 4.60. The number of hydrogen-bond acceptors (Lipinski definition) is 3. The van der Waals surface area contributed by atoms with Crippen molar-refractivity contribution in [3.05, 3.63) is 46.0 Å². The molecule has 1 aromatic heterocycles. The maximum Gasteiger partial charge on any atom is 0.317 e. The molecule has 1 aliphatic rings. The Morgan fingerprint density at radius 1 is 1.38 bits per heavy atom. The molecule has 7 heteroatoms. The third-order valence-corrected chi connectivity index (χ3v) is 4.72. The zero-order valence-corrected chi connectivity index (χ0v) is 14.9. The average Bonchev–Trinajstić information content (AvgIpc) is 2.65. The van der Waals surface area contributed by atoms with Crippen molar-refractivity contribution in [2.45, 2.75) is 38.3 Å². The molecule has 1 atom stereocenters. The lowest BCUT2D eigenvalue weighted by Gasteiger charge is -2.25. The van der Waals surface area contributed by atoms with E-state index in [9.17, 15) is 14.0 Å². The number of H-pyrrole nitrogens is 1. The molecule has 1 unspecified atom stereocenters. The highest BCUT2D eigenvalue weighted by Crippen LogP contribution is 2.16. The Morgan fingerprint density at radius 2 is 2.23 bits per heavy atom. The number of pyridine rings is 1. The molecule has 140 valence electrons. The van der Waals surface area contributed by atoms with Gasteiger partial charge in [0.2, 0.25) is 0 Å². The molecule has 1 aromatic carbocycles. The lowest BCUT2D eigenvalue weighted by molar-refractivity contribution is 0.00827. The van der Waals surface area contributed by atoms with Crippen molar-refractivity contribution in [3.8, 4) is 0 Å². The number of nitrogens with one attached hydrogen (secondary N) is 2. The summed E-state index contributed by atoms with van der Waals surface area (Å²) in [5, 5.41) is 3.48. The van der Waals surface area contributed by atoms with E-state index in [1.165, 1.54) is 18.6 Å². The number of hydrogen-bond donors (Lipinski definition) is 2. The molecule has 1 aliphatic heterocycles. The zero-order valence-electron chi connectivity index (χ0n) is 14.9. The van der Waals surface area contributed by atoms with Crippen molar-refractivity contribution in [2.75, 3.05) is 20.2 Å². The number of rotatable bonds is 5. The molecular weight excluding hydrogens is 337 g/mol. The SMILES string of the molecule is CN(CCC1CCCCO1)C(=O)NCc1cc2ccc(F)cc2[nH]c1=O. The van der Waals surface area contributed by atoms with Crippen molar-refractivity contribution in [1.82, 2.24) is 15.2 Å². The van der Waals surface area contributed by atoms with Crippen LogP contribution in [0.25, 0.3) is 10.9 Å². The molecule has 0 bridgehead atoms. The third-order valence-electron chi connectivity index (χ3n) is 4.72. The van der Waals surface area contributed by atoms with Gasteiger partial charge in [0.15, 0.2) is 0 Å². The van der Waals surface area contributed by atoms with Gasteiger partial charge in [-0.25, -0.2) is 9.18 Å². The number of urea groups is 1. The van der Waals surface area contributed by atoms with Gasteiger partial charge in [0, 0.05) is 32.3 Å². The first-order valence-electron chi connectivity index (χ1n) is 8.95. The summed E-state index contributed by atoms with van der Waals surface area (Å²) < 4.78 is 18.9. The molecule has 0 spiro atoms. The van der Waals surface area contributed by atoms with Gasteiger partial charge in [0.05, 0.1) is 11.6 Å². The number of aromatic amines is 1. The molecule has 2 N–H and O–H groups in total. The predicted molar refractivity (Wildman–Crippen MR) is 97.6 cm³/mol. The number of aromatic nitrogens is 1. The number of benzene rings is 1. The highest BCUT2D eigenvalue weighted by Gasteiger charge is 2.16. The smallest absolute Gasteiger partial charge is 0.317 e. The minimum absolute atomic E-state index is 0.117. The zero-order chi connectivity index (χ0) is 18.5. The maximum absolute atomic E-state index is 13.2. The van der Waals surface area contributed by atoms with E-state index in [0.29, 0.717) is 17.6 Å². The fourth-order valence-electron chi connectivity index (χ4n) is 3.13. The van der Waals surface area contributed by atoms with Gasteiger partial charge in [0.1, 0.15) is 5.82 Å². The molecule has 0 aliphatic carbocycles. The largest absolute Gasteiger partial charge is 0.378 e. The molecule has 0 saturated carbocycles. The first-order chi connectivity index (χ1) is 12.5. The Morgan fingerprint density at radius 3 is 3.00 bits per heavy atom. The Balaban J connectivity index is 1.55. The van der Waals surface area contributed by atoms with Crippen molar-refractivity contribution < 1.29 is 13.9 Å². The molecule has 6 nitrogen and oxygen atoms in total. The highest BCUT2D eigenvalue weighted by atomic mass is 19.1. The van der Waals surface area contributed by atoms with E-state index in [0.717, 1.165) is 31.3 Å². The molecule has 2 heterocycles. The molecule has 3 rings (SSSR count). The lowest BCUT2D eigenvalue weighted by atomic mass is 10.1. The summed E-state index contributed by atoms with van der Waals surface area (Å²) in [5.41, 5.74) is 0.540. The van der Waals surface area contributed by atoms with Gasteiger partial charge in [-0.1, -0.05) is 0 Å². The van der Waals surface area contributed by atoms with Gasteiger partial charge in [-0.2, -0.15) is 0 Å². The summed E-state index contributed by atoms with van der Waals surface area (Å²) in [4.78, 5) is 28.6. The van der Waals surface area contributed by atoms with E-state index in [-0.39, 0.29) is 24.2 Å². The normalized spacial score (nSPS) is 17.2. The molecule has 0 radical (unpaired) electrons. The Kier molecular flexibility index (Phi) is 5.88. The molecule has 2 aromatic rings. The van der Waals surface area contributed by atoms with E-state index in [1.807, 2.05) is 0 Å². The topological polar surface area (TPSA) is 74.4 Å². The lowest BCUT2D eigenvalue weighted by Crippen LogP contribution is -2.39. The number of fused-ring (bicyclic) bond motifs is 1. The summed E-state index contributed by atoms with van der Waals surface area (Å²) in [6.07, 6.45) is 4.37. The minimum Gasteiger partial charge on any atom is -0.378 e. The highest BCUT2D eigenvalue weighted by molar-refractivity contribution is 5.79. The second kappa shape index (κ2) is 8.31. The van der Waals surface area contributed by atoms with Crippen molar-refractivity contribution in [1.29, 1.82) is 0 Å². The van der Waals surface area contributed by atoms with Gasteiger partial charge < -0.3 is 19.9 Å². The molecule has 1 fully saturated rings. The predicted octanol–water partition coefficient (Wildman–Crippen LogP) is 2.77. The standard InChI is InChI=1S/C19H24FN3O3/c1-23(8-7-16-4-2-3-9-26-16)19(25)21-12-14-10-13-5-6-15(20)11-17(13)22-18(14)24/h5-6,10-11,16H,2-4,7-9,12H2,1H3,(H,21,25)(H,22,24). The van der Waals surface area contributed by atoms with Crippen LogP contribution in [0.3, 0.4) is 0 Å². The number of nitrogens with zero attached hydrogens (tertiary/aromatic N) is 1. The first-order valence-corrected chi connectivity index (χ1v) is 8.95. The molecular formula is C19H24FN3O3. The van der Waals surface area contributed by atoms with Crippen LogP contribution >= 0.6 is 0 Å². The van der Waals surface area contributed by atoms with Crippen LogP contribution in [0.1, 0.15) is 31.2 Å². The average molecular weight is 361 g/mol. The van der Waals surface area contributed by atoms with E-state index < -0.39 is 5.82 Å². The summed E-state index contributed by atoms with van der Waals surface area (Å²) in [6, 6.07) is 5.65. The number of amides is 2. The van der Waals surface area contributed by atoms with Crippen LogP contribution in [-0.4, -0.2) is 42.2 Å². The number of carbonyl (C=O) groups excluding carboxylic acids is 1. The van der Waals surface area contributed by atoms with Crippen LogP contribution in [0.5, 0.6) is 0 Å². The second-order valence-electron chi connectivity index (χ2n) is 6.71. The van der Waals surface area contributed by atoms with Crippen LogP contribution in [0, 0.1) is 5.82 Å². The fourth-order valence-corrected chi connectivity index (χ4v) is 3.13. The molecule has 1 saturated heterocycles. The Labute approximate surface area is 151 Å². The van der Waals surface area contributed by atoms with E-state index >= 15 is 0 Å². The van der Waals surface area contributed by atoms with Crippen LogP contribution in [0.15, 0.2) is 29.1 Å². The van der Waals surface area contributed by atoms with Gasteiger partial charge >= 0.3 is 6.03 Å². The van der Waals surface area contributed by atoms with E-state index in [2.05, 4.69) is 10.3 Å². The van der Waals surface area contributed by atoms with Crippen molar-refractivity contribution in [2.24, 2.45) is 0 Å². The Bertz CT molecular complexity index is 830. The first kappa shape index (κ1) is 18.4. The quantitative estimate of drug-likeness (QED) is 0.860. The van der Waals surface area contributed by atoms with Crippen molar-refractivity contribution in [3.63, 3.8) is 0 Å². The summed E-state index contributed by atoms with van der Waals surface area (Å²) in [6.45, 7) is 1.52. The van der Waals surface area contributed by atoms with Gasteiger partial charge in [0.25, 0.3) is 5.56 Å². The monoisotopic (exact) mass is 361 g/mol. The number of carbonyl (C=O) groups is 1. The van der Waals surface area contributed by atoms with Crippen molar-refractivity contribution >= 4 is 16.9 Å². The second-order valence-corrected chi connectivity index (χ2v) is 6.71. The minimum atomic E-state index is -0.405.